The highest BCUT2D eigenvalue weighted by Gasteiger charge is 2.28. The predicted molar refractivity (Wildman–Crippen MR) is 182 cm³/mol. The molecule has 0 aromatic carbocycles. The Kier molecular flexibility index (Phi) is 25.8. The van der Waals surface area contributed by atoms with Crippen LogP contribution in [0, 0.1) is 11.3 Å². The van der Waals surface area contributed by atoms with Crippen molar-refractivity contribution in [2.45, 2.75) is 85.7 Å². The van der Waals surface area contributed by atoms with Gasteiger partial charge in [-0.25, -0.2) is 4.79 Å². The molecule has 0 saturated heterocycles. The van der Waals surface area contributed by atoms with Gasteiger partial charge in [-0.1, -0.05) is 41.5 Å². The second kappa shape index (κ2) is 27.6. The number of ketones is 1. The maximum Gasteiger partial charge on any atom is 0.326 e. The molecule has 0 saturated carbocycles. The van der Waals surface area contributed by atoms with E-state index in [1.54, 1.807) is 13.8 Å². The first-order chi connectivity index (χ1) is 23.2. The molecule has 0 aromatic heterocycles. The van der Waals surface area contributed by atoms with Gasteiger partial charge in [0.25, 0.3) is 0 Å². The van der Waals surface area contributed by atoms with Gasteiger partial charge in [-0.2, -0.15) is 0 Å². The number of carboxylic acids is 1. The van der Waals surface area contributed by atoms with Gasteiger partial charge >= 0.3 is 5.97 Å². The fourth-order valence-electron chi connectivity index (χ4n) is 4.15. The molecule has 16 heteroatoms. The Morgan fingerprint density at radius 1 is 0.653 bits per heavy atom. The minimum Gasteiger partial charge on any atom is -0.480 e. The van der Waals surface area contributed by atoms with Crippen molar-refractivity contribution in [2.75, 3.05) is 79.0 Å². The van der Waals surface area contributed by atoms with E-state index in [1.807, 2.05) is 27.7 Å². The van der Waals surface area contributed by atoms with E-state index in [0.29, 0.717) is 6.54 Å². The Hall–Kier alpha value is -3.18. The summed E-state index contributed by atoms with van der Waals surface area (Å²) in [5, 5.41) is 22.9. The van der Waals surface area contributed by atoms with Crippen molar-refractivity contribution in [3.63, 3.8) is 0 Å². The number of rotatable bonds is 30. The van der Waals surface area contributed by atoms with Crippen molar-refractivity contribution >= 4 is 35.4 Å². The Balaban J connectivity index is 3.67. The van der Waals surface area contributed by atoms with E-state index in [4.69, 9.17) is 18.9 Å². The lowest BCUT2D eigenvalue weighted by molar-refractivity contribution is -0.142. The molecule has 0 fully saturated rings. The van der Waals surface area contributed by atoms with Crippen LogP contribution in [0.3, 0.4) is 0 Å². The van der Waals surface area contributed by atoms with Crippen LogP contribution in [0.2, 0.25) is 0 Å². The standard InChI is InChI=1S/C33H61N5O11/c1-7-34-25(30(42)33(4,5)6)10-8-9-13-35-28(40)22-48-20-19-47-17-15-37-29(41)23-49-21-18-46-16-14-36-27(39)12-11-26(32(44)45)38-31(43)24(2)3/h24-26,34H,7-23H2,1-6H3,(H,35,40)(H,36,39)(H,37,41)(H,38,43)(H,44,45)/t25-,26-/m0/s1. The molecule has 0 heterocycles. The zero-order valence-electron chi connectivity index (χ0n) is 30.3. The zero-order chi connectivity index (χ0) is 37.1. The van der Waals surface area contributed by atoms with Crippen LogP contribution in [0.25, 0.3) is 0 Å². The fourth-order valence-corrected chi connectivity index (χ4v) is 4.15. The van der Waals surface area contributed by atoms with Crippen LogP contribution in [0.15, 0.2) is 0 Å². The maximum absolute atomic E-state index is 12.5. The Labute approximate surface area is 290 Å². The minimum absolute atomic E-state index is 0.0266. The van der Waals surface area contributed by atoms with Gasteiger partial charge < -0.3 is 50.6 Å². The number of ether oxygens (including phenoxy) is 4. The smallest absolute Gasteiger partial charge is 0.326 e. The Bertz CT molecular complexity index is 989. The SMILES string of the molecule is CCN[C@@H](CCCCNC(=O)COCCOCCNC(=O)COCCOCCNC(=O)CC[C@H](NC(=O)C(C)C)C(=O)O)C(=O)C(C)(C)C. The van der Waals surface area contributed by atoms with Crippen molar-refractivity contribution in [3.05, 3.63) is 0 Å². The van der Waals surface area contributed by atoms with Gasteiger partial charge in [0.2, 0.25) is 23.6 Å². The van der Waals surface area contributed by atoms with E-state index >= 15 is 0 Å². The number of hydrogen-bond donors (Lipinski definition) is 6. The largest absolute Gasteiger partial charge is 0.480 e. The van der Waals surface area contributed by atoms with Crippen molar-refractivity contribution in [1.82, 2.24) is 26.6 Å². The third-order valence-electron chi connectivity index (χ3n) is 6.89. The molecule has 0 bridgehead atoms. The summed E-state index contributed by atoms with van der Waals surface area (Å²) < 4.78 is 21.3. The van der Waals surface area contributed by atoms with Crippen LogP contribution in [0.1, 0.15) is 73.6 Å². The molecule has 0 unspecified atom stereocenters. The van der Waals surface area contributed by atoms with Crippen LogP contribution in [0.5, 0.6) is 0 Å². The predicted octanol–water partition coefficient (Wildman–Crippen LogP) is 0.171. The number of Topliss-reactive ketones (excluding diaryl/α,β-unsaturated/α-hetero) is 1. The second-order valence-electron chi connectivity index (χ2n) is 12.7. The van der Waals surface area contributed by atoms with E-state index in [1.165, 1.54) is 0 Å². The third-order valence-corrected chi connectivity index (χ3v) is 6.89. The molecule has 0 rings (SSSR count). The van der Waals surface area contributed by atoms with Crippen molar-refractivity contribution < 1.29 is 52.8 Å². The molecule has 2 atom stereocenters. The summed E-state index contributed by atoms with van der Waals surface area (Å²) in [5.74, 6) is -2.64. The number of hydrogen-bond acceptors (Lipinski definition) is 11. The van der Waals surface area contributed by atoms with Gasteiger partial charge in [0.1, 0.15) is 19.3 Å². The van der Waals surface area contributed by atoms with E-state index in [9.17, 15) is 33.9 Å². The topological polar surface area (TPSA) is 220 Å². The monoisotopic (exact) mass is 703 g/mol. The van der Waals surface area contributed by atoms with Crippen LogP contribution in [0.4, 0.5) is 0 Å². The average molecular weight is 704 g/mol. The normalized spacial score (nSPS) is 12.6. The van der Waals surface area contributed by atoms with Crippen LogP contribution in [-0.4, -0.2) is 132 Å². The number of carboxylic acid groups (broad SMARTS) is 1. The second-order valence-corrected chi connectivity index (χ2v) is 12.7. The fraction of sp³-hybridized carbons (Fsp3) is 0.818. The van der Waals surface area contributed by atoms with E-state index < -0.39 is 23.3 Å². The molecular weight excluding hydrogens is 642 g/mol. The molecular formula is C33H61N5O11. The number of likely N-dealkylation sites (N-methyl/N-ethyl adjacent to an activating group) is 1. The lowest BCUT2D eigenvalue weighted by atomic mass is 9.84. The first kappa shape index (κ1) is 45.8. The van der Waals surface area contributed by atoms with Crippen molar-refractivity contribution in [3.8, 4) is 0 Å². The van der Waals surface area contributed by atoms with Gasteiger partial charge in [-0.3, -0.25) is 24.0 Å². The number of unbranched alkanes of at least 4 members (excludes halogenated alkanes) is 1. The number of carbonyl (C=O) groups is 6. The molecule has 284 valence electrons. The Morgan fingerprint density at radius 2 is 1.16 bits per heavy atom. The molecule has 16 nitrogen and oxygen atoms in total. The first-order valence-corrected chi connectivity index (χ1v) is 17.1. The zero-order valence-corrected chi connectivity index (χ0v) is 30.3. The maximum atomic E-state index is 12.5. The highest BCUT2D eigenvalue weighted by molar-refractivity contribution is 5.88. The quantitative estimate of drug-likeness (QED) is 0.0552. The molecule has 0 aliphatic rings. The molecule has 49 heavy (non-hydrogen) atoms. The van der Waals surface area contributed by atoms with Crippen molar-refractivity contribution in [2.24, 2.45) is 11.3 Å². The van der Waals surface area contributed by atoms with E-state index in [-0.39, 0.29) is 114 Å². The van der Waals surface area contributed by atoms with Crippen LogP contribution < -0.4 is 26.6 Å². The van der Waals surface area contributed by atoms with Gasteiger partial charge in [-0.05, 0) is 32.2 Å². The summed E-state index contributed by atoms with van der Waals surface area (Å²) in [6, 6.07) is -1.31. The average Bonchev–Trinajstić information content (AvgIpc) is 3.03. The van der Waals surface area contributed by atoms with Crippen LogP contribution in [-0.2, 0) is 47.7 Å². The van der Waals surface area contributed by atoms with Gasteiger partial charge in [0.15, 0.2) is 5.78 Å². The highest BCUT2D eigenvalue weighted by atomic mass is 16.5. The molecule has 0 spiro atoms. The minimum atomic E-state index is -1.20. The summed E-state index contributed by atoms with van der Waals surface area (Å²) >= 11 is 0. The summed E-state index contributed by atoms with van der Waals surface area (Å²) in [6.45, 7) is 13.9. The number of nitrogens with one attached hydrogen (secondary N) is 5. The summed E-state index contributed by atoms with van der Waals surface area (Å²) in [5.41, 5.74) is -0.395. The summed E-state index contributed by atoms with van der Waals surface area (Å²) in [4.78, 5) is 71.2. The lowest BCUT2D eigenvalue weighted by Gasteiger charge is -2.25. The number of amides is 4. The van der Waals surface area contributed by atoms with E-state index in [0.717, 1.165) is 25.8 Å². The van der Waals surface area contributed by atoms with Crippen molar-refractivity contribution in [1.29, 1.82) is 0 Å². The van der Waals surface area contributed by atoms with Crippen LogP contribution >= 0.6 is 0 Å². The highest BCUT2D eigenvalue weighted by Crippen LogP contribution is 2.19. The number of aliphatic carboxylic acids is 1. The van der Waals surface area contributed by atoms with Gasteiger partial charge in [-0.15, -0.1) is 0 Å². The molecule has 6 N–H and O–H groups in total. The first-order valence-electron chi connectivity index (χ1n) is 17.1. The van der Waals surface area contributed by atoms with Gasteiger partial charge in [0, 0.05) is 37.4 Å². The molecule has 0 aromatic rings. The van der Waals surface area contributed by atoms with E-state index in [2.05, 4.69) is 26.6 Å². The third kappa shape index (κ3) is 25.5. The molecule has 0 aliphatic carbocycles. The molecule has 4 amide bonds. The summed E-state index contributed by atoms with van der Waals surface area (Å²) in [6.07, 6.45) is 2.23. The lowest BCUT2D eigenvalue weighted by Crippen LogP contribution is -2.43. The molecule has 0 radical (unpaired) electrons. The Morgan fingerprint density at radius 3 is 1.65 bits per heavy atom. The summed E-state index contributed by atoms with van der Waals surface area (Å²) in [7, 11) is 0. The number of carbonyl (C=O) groups excluding carboxylic acids is 5. The van der Waals surface area contributed by atoms with Gasteiger partial charge in [0.05, 0.1) is 45.7 Å². The molecule has 0 aliphatic heterocycles.